The standard InChI is InChI=1S/C29H37N3O4S/c1-5-23(10-9-21(2)3)13-18-32-29(34)15-17-31(32)16-14-28(33)25-8-6-7-24(20-25)27-12-11-26(19-22(27)4)36-37(30)35/h5-12,19-20,28,33H,2,13-18,30H2,1,3-4H3/b10-9-,23-5+. The predicted octanol–water partition coefficient (Wildman–Crippen LogP) is 4.92. The molecule has 0 spiro atoms. The molecule has 3 N–H and O–H groups in total. The number of nitrogens with two attached hydrogens (primary N) is 1. The van der Waals surface area contributed by atoms with Gasteiger partial charge in [-0.3, -0.25) is 9.80 Å². The van der Waals surface area contributed by atoms with Gasteiger partial charge in [0.25, 0.3) is 11.3 Å². The Balaban J connectivity index is 1.63. The zero-order valence-electron chi connectivity index (χ0n) is 21.9. The number of hydrogen-bond donors (Lipinski definition) is 2. The minimum absolute atomic E-state index is 0.122. The number of benzene rings is 2. The molecule has 0 radical (unpaired) electrons. The third kappa shape index (κ3) is 8.23. The molecule has 1 fully saturated rings. The fraction of sp³-hybridized carbons (Fsp3) is 0.345. The molecule has 1 amide bonds. The van der Waals surface area contributed by atoms with Crippen molar-refractivity contribution >= 4 is 17.2 Å². The van der Waals surface area contributed by atoms with Crippen molar-refractivity contribution in [2.75, 3.05) is 19.6 Å². The molecular weight excluding hydrogens is 486 g/mol. The summed E-state index contributed by atoms with van der Waals surface area (Å²) in [5.41, 5.74) is 5.86. The van der Waals surface area contributed by atoms with Gasteiger partial charge in [-0.05, 0) is 74.1 Å². The highest BCUT2D eigenvalue weighted by molar-refractivity contribution is 7.78. The molecule has 1 heterocycles. The van der Waals surface area contributed by atoms with Gasteiger partial charge in [-0.1, -0.05) is 60.2 Å². The van der Waals surface area contributed by atoms with Crippen LogP contribution >= 0.6 is 0 Å². The first-order chi connectivity index (χ1) is 17.7. The molecule has 2 aromatic rings. The van der Waals surface area contributed by atoms with Crippen molar-refractivity contribution in [3.05, 3.63) is 89.5 Å². The molecule has 198 valence electrons. The molecule has 37 heavy (non-hydrogen) atoms. The molecule has 0 saturated carbocycles. The fourth-order valence-electron chi connectivity index (χ4n) is 4.40. The Labute approximate surface area is 222 Å². The molecule has 2 aromatic carbocycles. The van der Waals surface area contributed by atoms with Gasteiger partial charge in [-0.2, -0.15) is 4.21 Å². The van der Waals surface area contributed by atoms with Crippen LogP contribution in [-0.2, 0) is 16.1 Å². The van der Waals surface area contributed by atoms with E-state index in [-0.39, 0.29) is 5.91 Å². The molecule has 3 rings (SSSR count). The average Bonchev–Trinajstić information content (AvgIpc) is 3.21. The van der Waals surface area contributed by atoms with Crippen molar-refractivity contribution in [3.8, 4) is 16.9 Å². The second-order valence-corrected chi connectivity index (χ2v) is 9.95. The molecule has 7 nitrogen and oxygen atoms in total. The van der Waals surface area contributed by atoms with Gasteiger partial charge in [0.1, 0.15) is 5.75 Å². The van der Waals surface area contributed by atoms with E-state index in [0.717, 1.165) is 39.8 Å². The molecule has 2 atom stereocenters. The number of allylic oxidation sites excluding steroid dienone is 4. The first-order valence-electron chi connectivity index (χ1n) is 12.5. The number of amides is 1. The van der Waals surface area contributed by atoms with Crippen LogP contribution in [0.5, 0.6) is 5.75 Å². The summed E-state index contributed by atoms with van der Waals surface area (Å²) in [6.07, 6.45) is 7.19. The number of aryl methyl sites for hydroxylation is 1. The van der Waals surface area contributed by atoms with E-state index in [1.165, 1.54) is 0 Å². The van der Waals surface area contributed by atoms with Crippen LogP contribution in [0.2, 0.25) is 0 Å². The molecular formula is C29H37N3O4S. The minimum Gasteiger partial charge on any atom is -0.389 e. The number of hydrogen-bond acceptors (Lipinski definition) is 5. The third-order valence-electron chi connectivity index (χ3n) is 6.40. The van der Waals surface area contributed by atoms with Crippen LogP contribution in [-0.4, -0.2) is 44.9 Å². The van der Waals surface area contributed by atoms with E-state index in [1.54, 1.807) is 12.1 Å². The van der Waals surface area contributed by atoms with E-state index in [0.29, 0.717) is 38.2 Å². The third-order valence-corrected chi connectivity index (χ3v) is 6.75. The maximum Gasteiger partial charge on any atom is 0.285 e. The maximum atomic E-state index is 12.5. The zero-order chi connectivity index (χ0) is 26.9. The average molecular weight is 524 g/mol. The number of carbonyl (C=O) groups excluding carboxylic acids is 1. The summed E-state index contributed by atoms with van der Waals surface area (Å²) < 4.78 is 16.2. The van der Waals surface area contributed by atoms with E-state index in [4.69, 9.17) is 9.32 Å². The van der Waals surface area contributed by atoms with Gasteiger partial charge in [-0.25, -0.2) is 10.1 Å². The van der Waals surface area contributed by atoms with Crippen LogP contribution in [0.3, 0.4) is 0 Å². The monoisotopic (exact) mass is 523 g/mol. The normalized spacial score (nSPS) is 16.4. The van der Waals surface area contributed by atoms with Crippen molar-refractivity contribution in [1.29, 1.82) is 0 Å². The lowest BCUT2D eigenvalue weighted by molar-refractivity contribution is -0.138. The van der Waals surface area contributed by atoms with E-state index >= 15 is 0 Å². The van der Waals surface area contributed by atoms with Gasteiger partial charge < -0.3 is 9.29 Å². The quantitative estimate of drug-likeness (QED) is 0.385. The Morgan fingerprint density at radius 1 is 1.24 bits per heavy atom. The lowest BCUT2D eigenvalue weighted by Gasteiger charge is -2.29. The van der Waals surface area contributed by atoms with Crippen LogP contribution in [0.4, 0.5) is 0 Å². The summed E-state index contributed by atoms with van der Waals surface area (Å²) in [7, 11) is 0. The van der Waals surface area contributed by atoms with E-state index in [1.807, 2.05) is 68.3 Å². The maximum absolute atomic E-state index is 12.5. The zero-order valence-corrected chi connectivity index (χ0v) is 22.7. The topological polar surface area (TPSA) is 96.1 Å². The summed E-state index contributed by atoms with van der Waals surface area (Å²) in [6.45, 7) is 11.7. The van der Waals surface area contributed by atoms with Crippen LogP contribution < -0.4 is 9.32 Å². The Morgan fingerprint density at radius 2 is 2.03 bits per heavy atom. The van der Waals surface area contributed by atoms with Gasteiger partial charge in [0.15, 0.2) is 0 Å². The Hall–Kier alpha value is -3.04. The van der Waals surface area contributed by atoms with Crippen molar-refractivity contribution in [1.82, 2.24) is 10.0 Å². The van der Waals surface area contributed by atoms with Gasteiger partial charge in [0.05, 0.1) is 6.10 Å². The smallest absolute Gasteiger partial charge is 0.285 e. The Morgan fingerprint density at radius 3 is 2.70 bits per heavy atom. The Bertz CT molecular complexity index is 1210. The van der Waals surface area contributed by atoms with Crippen molar-refractivity contribution in [2.45, 2.75) is 46.1 Å². The van der Waals surface area contributed by atoms with Gasteiger partial charge in [-0.15, -0.1) is 0 Å². The van der Waals surface area contributed by atoms with E-state index in [2.05, 4.69) is 17.7 Å². The highest BCUT2D eigenvalue weighted by Crippen LogP contribution is 2.30. The first kappa shape index (κ1) is 28.5. The summed E-state index contributed by atoms with van der Waals surface area (Å²) in [5, 5.41) is 20.1. The van der Waals surface area contributed by atoms with Crippen molar-refractivity contribution < 1.29 is 18.3 Å². The van der Waals surface area contributed by atoms with Crippen LogP contribution in [0.15, 0.2) is 78.4 Å². The number of hydrazine groups is 1. The summed E-state index contributed by atoms with van der Waals surface area (Å²) in [4.78, 5) is 12.5. The Kier molecular flexibility index (Phi) is 10.4. The molecule has 8 heteroatoms. The second kappa shape index (κ2) is 13.5. The van der Waals surface area contributed by atoms with Gasteiger partial charge >= 0.3 is 0 Å². The number of aliphatic hydroxyl groups is 1. The lowest BCUT2D eigenvalue weighted by Crippen LogP contribution is -2.40. The number of aliphatic hydroxyl groups excluding tert-OH is 1. The van der Waals surface area contributed by atoms with E-state index < -0.39 is 17.4 Å². The summed E-state index contributed by atoms with van der Waals surface area (Å²) in [5.74, 6) is 0.563. The molecule has 0 bridgehead atoms. The lowest BCUT2D eigenvalue weighted by atomic mass is 9.96. The summed E-state index contributed by atoms with van der Waals surface area (Å²) in [6, 6.07) is 13.2. The molecule has 1 aliphatic heterocycles. The SMILES string of the molecule is C=C(C)/C=C\C(=C/C)CCN1C(=O)CCN1CCC(O)c1cccc(-c2ccc(OS(N)=O)cc2C)c1. The van der Waals surface area contributed by atoms with Crippen molar-refractivity contribution in [2.24, 2.45) is 5.14 Å². The largest absolute Gasteiger partial charge is 0.389 e. The molecule has 0 aromatic heterocycles. The van der Waals surface area contributed by atoms with E-state index in [9.17, 15) is 14.1 Å². The highest BCUT2D eigenvalue weighted by atomic mass is 32.2. The minimum atomic E-state index is -1.87. The molecule has 1 aliphatic rings. The second-order valence-electron chi connectivity index (χ2n) is 9.26. The van der Waals surface area contributed by atoms with Gasteiger partial charge in [0.2, 0.25) is 5.91 Å². The number of carbonyl (C=O) groups is 1. The predicted molar refractivity (Wildman–Crippen MR) is 149 cm³/mol. The molecule has 2 unspecified atom stereocenters. The first-order valence-corrected chi connectivity index (χ1v) is 13.6. The van der Waals surface area contributed by atoms with Crippen LogP contribution in [0, 0.1) is 6.92 Å². The van der Waals surface area contributed by atoms with Crippen molar-refractivity contribution in [3.63, 3.8) is 0 Å². The molecule has 1 saturated heterocycles. The fourth-order valence-corrected chi connectivity index (χ4v) is 4.69. The molecule has 0 aliphatic carbocycles. The number of nitrogens with zero attached hydrogens (tertiary/aromatic N) is 2. The highest BCUT2D eigenvalue weighted by Gasteiger charge is 2.28. The van der Waals surface area contributed by atoms with Gasteiger partial charge in [0, 0.05) is 26.1 Å². The number of rotatable bonds is 12. The van der Waals surface area contributed by atoms with Crippen LogP contribution in [0.1, 0.15) is 50.3 Å². The van der Waals surface area contributed by atoms with Crippen LogP contribution in [0.25, 0.3) is 11.1 Å². The summed E-state index contributed by atoms with van der Waals surface area (Å²) >= 11 is -1.87.